The minimum absolute atomic E-state index is 0.0114. The number of carboxylic acid groups (broad SMARTS) is 2. The van der Waals surface area contributed by atoms with Crippen LogP contribution in [0.25, 0.3) is 0 Å². The summed E-state index contributed by atoms with van der Waals surface area (Å²) >= 11 is 8.29. The highest BCUT2D eigenvalue weighted by molar-refractivity contribution is 8.00. The van der Waals surface area contributed by atoms with E-state index in [9.17, 15) is 24.3 Å². The first-order chi connectivity index (χ1) is 18.6. The summed E-state index contributed by atoms with van der Waals surface area (Å²) in [4.78, 5) is 59.0. The number of carboxylic acids is 2. The molecule has 0 spiro atoms. The molecule has 5 N–H and O–H groups in total. The fourth-order valence-corrected chi connectivity index (χ4v) is 6.57. The molecule has 2 aromatic rings. The predicted molar refractivity (Wildman–Crippen MR) is 140 cm³/mol. The molecule has 0 aromatic carbocycles. The number of thioether (sulfide) groups is 1. The number of thiazole rings is 1. The molecule has 2 amide bonds. The van der Waals surface area contributed by atoms with Crippen molar-refractivity contribution in [3.8, 4) is 0 Å². The number of hydrogen-bond acceptors (Lipinski definition) is 10. The molecule has 0 radical (unpaired) electrons. The Balaban J connectivity index is 1.33. The number of pyridine rings is 1. The standard InChI is InChI=1S/C23H21ClN6O7S2/c24-18-14(27-23(25)39-18)15(28-37-8-13(31)32)19(33)26-16-20(34)30-17(22(35)36)12(9-38-21(16)30)7-29-5-3-11(4-6-29)10-1-2-10/h3-6,10,16,21H,1-2,7-9H2,(H4-,25,26,27,31,32,33,35,36)/p+1/t16-,21-/m1/s1. The third kappa shape index (κ3) is 5.55. The molecule has 2 fully saturated rings. The van der Waals surface area contributed by atoms with Crippen LogP contribution in [-0.4, -0.2) is 73.3 Å². The number of nitrogens with zero attached hydrogens (tertiary/aromatic N) is 4. The zero-order valence-electron chi connectivity index (χ0n) is 20.1. The number of carbonyl (C=O) groups excluding carboxylic acids is 2. The van der Waals surface area contributed by atoms with Gasteiger partial charge in [0.2, 0.25) is 6.61 Å². The van der Waals surface area contributed by atoms with Gasteiger partial charge in [-0.3, -0.25) is 14.5 Å². The van der Waals surface area contributed by atoms with Crippen LogP contribution in [0.4, 0.5) is 5.13 Å². The van der Waals surface area contributed by atoms with E-state index in [1.54, 1.807) is 0 Å². The van der Waals surface area contributed by atoms with E-state index >= 15 is 0 Å². The van der Waals surface area contributed by atoms with Gasteiger partial charge in [0.1, 0.15) is 27.1 Å². The minimum atomic E-state index is -1.33. The molecule has 2 aromatic heterocycles. The second kappa shape index (κ2) is 10.8. The summed E-state index contributed by atoms with van der Waals surface area (Å²) in [6.07, 6.45) is 6.17. The van der Waals surface area contributed by atoms with Crippen LogP contribution in [0, 0.1) is 0 Å². The smallest absolute Gasteiger partial charge is 0.352 e. The predicted octanol–water partition coefficient (Wildman–Crippen LogP) is 0.788. The number of rotatable bonds is 10. The maximum absolute atomic E-state index is 13.1. The maximum atomic E-state index is 13.1. The second-order valence-electron chi connectivity index (χ2n) is 8.98. The van der Waals surface area contributed by atoms with E-state index in [1.807, 2.05) is 29.1 Å². The molecule has 3 aliphatic rings. The van der Waals surface area contributed by atoms with E-state index in [2.05, 4.69) is 15.5 Å². The molecule has 2 atom stereocenters. The number of carbonyl (C=O) groups is 4. The van der Waals surface area contributed by atoms with Crippen LogP contribution in [0.15, 0.2) is 41.0 Å². The molecule has 2 aliphatic heterocycles. The molecule has 1 saturated heterocycles. The molecular formula is C23H22ClN6O7S2+. The van der Waals surface area contributed by atoms with Gasteiger partial charge in [-0.1, -0.05) is 28.1 Å². The van der Waals surface area contributed by atoms with Crippen molar-refractivity contribution in [2.45, 2.75) is 36.7 Å². The SMILES string of the molecule is Nc1nc(C(=NOCC(=O)O)C(=O)N[C@@H]2C(=O)N3C(C(=O)O)=C(C[n+]4ccc(C5CC5)cc4)CS[C@H]23)c(Cl)s1. The lowest BCUT2D eigenvalue weighted by Gasteiger charge is -2.49. The summed E-state index contributed by atoms with van der Waals surface area (Å²) in [5.41, 5.74) is 6.76. The van der Waals surface area contributed by atoms with Crippen molar-refractivity contribution in [3.63, 3.8) is 0 Å². The Morgan fingerprint density at radius 3 is 2.59 bits per heavy atom. The number of aliphatic carboxylic acids is 2. The van der Waals surface area contributed by atoms with Gasteiger partial charge >= 0.3 is 11.9 Å². The van der Waals surface area contributed by atoms with Crippen molar-refractivity contribution < 1.29 is 38.8 Å². The topological polar surface area (TPSA) is 188 Å². The lowest BCUT2D eigenvalue weighted by Crippen LogP contribution is -2.71. The number of nitrogen functional groups attached to an aromatic ring is 1. The molecule has 204 valence electrons. The van der Waals surface area contributed by atoms with Gasteiger partial charge in [0.25, 0.3) is 11.8 Å². The fourth-order valence-electron chi connectivity index (χ4n) is 4.31. The number of nitrogens with one attached hydrogen (secondary N) is 1. The third-order valence-corrected chi connectivity index (χ3v) is 8.68. The van der Waals surface area contributed by atoms with E-state index in [-0.39, 0.29) is 20.9 Å². The van der Waals surface area contributed by atoms with Gasteiger partial charge < -0.3 is 26.1 Å². The van der Waals surface area contributed by atoms with Gasteiger partial charge in [0, 0.05) is 23.5 Å². The van der Waals surface area contributed by atoms with Gasteiger partial charge in [-0.05, 0) is 24.3 Å². The second-order valence-corrected chi connectivity index (χ2v) is 11.7. The van der Waals surface area contributed by atoms with Crippen molar-refractivity contribution in [2.24, 2.45) is 5.16 Å². The van der Waals surface area contributed by atoms with Crippen LogP contribution in [-0.2, 0) is 30.6 Å². The number of hydrogen-bond donors (Lipinski definition) is 4. The van der Waals surface area contributed by atoms with Crippen molar-refractivity contribution in [1.82, 2.24) is 15.2 Å². The van der Waals surface area contributed by atoms with E-state index in [4.69, 9.17) is 27.3 Å². The summed E-state index contributed by atoms with van der Waals surface area (Å²) in [5, 5.41) is 24.2. The number of fused-ring (bicyclic) bond motifs is 1. The van der Waals surface area contributed by atoms with E-state index in [0.29, 0.717) is 23.8 Å². The van der Waals surface area contributed by atoms with Crippen molar-refractivity contribution in [3.05, 3.63) is 51.4 Å². The minimum Gasteiger partial charge on any atom is -0.479 e. The van der Waals surface area contributed by atoms with E-state index in [0.717, 1.165) is 11.3 Å². The summed E-state index contributed by atoms with van der Waals surface area (Å²) in [7, 11) is 0. The van der Waals surface area contributed by atoms with Crippen molar-refractivity contribution in [2.75, 3.05) is 18.1 Å². The Bertz CT molecular complexity index is 1420. The first kappa shape index (κ1) is 26.9. The van der Waals surface area contributed by atoms with Crippen LogP contribution < -0.4 is 15.6 Å². The first-order valence-corrected chi connectivity index (χ1v) is 13.9. The van der Waals surface area contributed by atoms with Crippen LogP contribution in [0.2, 0.25) is 4.34 Å². The molecule has 1 saturated carbocycles. The number of β-lactam (4-membered cyclic amide) rings is 1. The highest BCUT2D eigenvalue weighted by atomic mass is 35.5. The van der Waals surface area contributed by atoms with Gasteiger partial charge in [-0.2, -0.15) is 0 Å². The lowest BCUT2D eigenvalue weighted by molar-refractivity contribution is -0.689. The third-order valence-electron chi connectivity index (χ3n) is 6.26. The van der Waals surface area contributed by atoms with Gasteiger partial charge in [-0.25, -0.2) is 19.1 Å². The van der Waals surface area contributed by atoms with Gasteiger partial charge in [0.05, 0.1) is 0 Å². The zero-order valence-corrected chi connectivity index (χ0v) is 22.5. The Morgan fingerprint density at radius 2 is 2.00 bits per heavy atom. The number of amides is 2. The number of oxime groups is 1. The van der Waals surface area contributed by atoms with Crippen LogP contribution in [0.1, 0.15) is 30.0 Å². The van der Waals surface area contributed by atoms with E-state index in [1.165, 1.54) is 35.1 Å². The normalized spacial score (nSPS) is 20.8. The molecule has 0 unspecified atom stereocenters. The van der Waals surface area contributed by atoms with Crippen LogP contribution >= 0.6 is 34.7 Å². The molecular weight excluding hydrogens is 572 g/mol. The zero-order chi connectivity index (χ0) is 27.8. The number of nitrogens with two attached hydrogens (primary N) is 1. The Labute approximate surface area is 234 Å². The molecule has 1 aliphatic carbocycles. The fraction of sp³-hybridized carbons (Fsp3) is 0.348. The van der Waals surface area contributed by atoms with Crippen molar-refractivity contribution in [1.29, 1.82) is 0 Å². The summed E-state index contributed by atoms with van der Waals surface area (Å²) < 4.78 is 1.88. The number of anilines is 1. The highest BCUT2D eigenvalue weighted by Crippen LogP contribution is 2.41. The van der Waals surface area contributed by atoms with Crippen LogP contribution in [0.3, 0.4) is 0 Å². The molecule has 5 rings (SSSR count). The monoisotopic (exact) mass is 593 g/mol. The lowest BCUT2D eigenvalue weighted by atomic mass is 10.0. The average molecular weight is 594 g/mol. The average Bonchev–Trinajstić information content (AvgIpc) is 3.68. The number of halogens is 1. The van der Waals surface area contributed by atoms with E-state index < -0.39 is 47.5 Å². The maximum Gasteiger partial charge on any atom is 0.352 e. The molecule has 39 heavy (non-hydrogen) atoms. The molecule has 13 nitrogen and oxygen atoms in total. The summed E-state index contributed by atoms with van der Waals surface area (Å²) in [5.74, 6) is -3.16. The van der Waals surface area contributed by atoms with Crippen LogP contribution in [0.5, 0.6) is 0 Å². The molecule has 0 bridgehead atoms. The van der Waals surface area contributed by atoms with Gasteiger partial charge in [0.15, 0.2) is 29.8 Å². The highest BCUT2D eigenvalue weighted by Gasteiger charge is 2.55. The molecule has 4 heterocycles. The quantitative estimate of drug-likeness (QED) is 0.133. The number of aromatic nitrogens is 2. The van der Waals surface area contributed by atoms with Crippen molar-refractivity contribution >= 4 is 69.3 Å². The Hall–Kier alpha value is -3.69. The summed E-state index contributed by atoms with van der Waals surface area (Å²) in [6.45, 7) is -0.534. The molecule has 16 heteroatoms. The Kier molecular flexibility index (Phi) is 7.46. The summed E-state index contributed by atoms with van der Waals surface area (Å²) in [6, 6.07) is 2.99. The van der Waals surface area contributed by atoms with Gasteiger partial charge in [-0.15, -0.1) is 11.8 Å². The Morgan fingerprint density at radius 1 is 1.28 bits per heavy atom. The first-order valence-electron chi connectivity index (χ1n) is 11.7. The largest absolute Gasteiger partial charge is 0.479 e.